The van der Waals surface area contributed by atoms with Gasteiger partial charge in [-0.1, -0.05) is 25.7 Å². The molecule has 2 aliphatic rings. The summed E-state index contributed by atoms with van der Waals surface area (Å²) in [6.45, 7) is 2.32. The number of nitriles is 1. The Morgan fingerprint density at radius 3 is 2.38 bits per heavy atom. The highest BCUT2D eigenvalue weighted by Gasteiger charge is 2.29. The Balaban J connectivity index is 1.84. The van der Waals surface area contributed by atoms with Crippen LogP contribution in [0.5, 0.6) is 0 Å². The summed E-state index contributed by atoms with van der Waals surface area (Å²) in [7, 11) is 0. The fourth-order valence-electron chi connectivity index (χ4n) is 3.42. The molecule has 0 heterocycles. The minimum atomic E-state index is 0.262. The van der Waals surface area contributed by atoms with Crippen molar-refractivity contribution in [2.45, 2.75) is 70.4 Å². The lowest BCUT2D eigenvalue weighted by Crippen LogP contribution is -2.45. The van der Waals surface area contributed by atoms with Crippen molar-refractivity contribution in [3.05, 3.63) is 0 Å². The van der Waals surface area contributed by atoms with Crippen LogP contribution in [0.1, 0.15) is 58.3 Å². The van der Waals surface area contributed by atoms with Gasteiger partial charge < -0.3 is 5.32 Å². The average molecular weight is 220 g/mol. The summed E-state index contributed by atoms with van der Waals surface area (Å²) in [5.41, 5.74) is 0. The van der Waals surface area contributed by atoms with Crippen molar-refractivity contribution < 1.29 is 0 Å². The molecule has 0 aliphatic heterocycles. The Kier molecular flexibility index (Phi) is 4.23. The molecule has 0 aromatic carbocycles. The SMILES string of the molecule is CC(NC1CCCCC1C#N)C1CCCC1. The first-order valence-corrected chi connectivity index (χ1v) is 6.97. The molecule has 2 rings (SSSR count). The molecule has 0 aromatic rings. The highest BCUT2D eigenvalue weighted by atomic mass is 15.0. The van der Waals surface area contributed by atoms with Gasteiger partial charge in [-0.2, -0.15) is 5.26 Å². The molecular weight excluding hydrogens is 196 g/mol. The van der Waals surface area contributed by atoms with E-state index < -0.39 is 0 Å². The molecule has 3 unspecified atom stereocenters. The molecule has 16 heavy (non-hydrogen) atoms. The molecular formula is C14H24N2. The minimum absolute atomic E-state index is 0.262. The van der Waals surface area contributed by atoms with E-state index in [0.29, 0.717) is 12.1 Å². The van der Waals surface area contributed by atoms with E-state index in [1.807, 2.05) is 0 Å². The van der Waals surface area contributed by atoms with Crippen molar-refractivity contribution in [1.29, 1.82) is 5.26 Å². The molecule has 0 amide bonds. The van der Waals surface area contributed by atoms with Gasteiger partial charge in [0.1, 0.15) is 0 Å². The maximum atomic E-state index is 9.15. The molecule has 0 bridgehead atoms. The lowest BCUT2D eigenvalue weighted by Gasteiger charge is -2.32. The van der Waals surface area contributed by atoms with Crippen molar-refractivity contribution in [2.24, 2.45) is 11.8 Å². The van der Waals surface area contributed by atoms with Gasteiger partial charge in [0.25, 0.3) is 0 Å². The lowest BCUT2D eigenvalue weighted by atomic mass is 9.84. The Morgan fingerprint density at radius 1 is 1.06 bits per heavy atom. The molecule has 3 atom stereocenters. The number of rotatable bonds is 3. The summed E-state index contributed by atoms with van der Waals surface area (Å²) in [4.78, 5) is 0. The van der Waals surface area contributed by atoms with Crippen LogP contribution < -0.4 is 5.32 Å². The summed E-state index contributed by atoms with van der Waals surface area (Å²) in [5, 5.41) is 12.9. The van der Waals surface area contributed by atoms with Gasteiger partial charge in [0.15, 0.2) is 0 Å². The van der Waals surface area contributed by atoms with Crippen LogP contribution >= 0.6 is 0 Å². The van der Waals surface area contributed by atoms with Crippen molar-refractivity contribution >= 4 is 0 Å². The molecule has 90 valence electrons. The quantitative estimate of drug-likeness (QED) is 0.792. The van der Waals surface area contributed by atoms with Crippen molar-refractivity contribution in [2.75, 3.05) is 0 Å². The standard InChI is InChI=1S/C14H24N2/c1-11(12-6-2-3-7-12)16-14-9-5-4-8-13(14)10-15/h11-14,16H,2-9H2,1H3. The fourth-order valence-corrected chi connectivity index (χ4v) is 3.42. The molecule has 0 radical (unpaired) electrons. The van der Waals surface area contributed by atoms with Gasteiger partial charge in [0, 0.05) is 12.1 Å². The van der Waals surface area contributed by atoms with Gasteiger partial charge >= 0.3 is 0 Å². The number of hydrogen-bond donors (Lipinski definition) is 1. The number of nitrogens with one attached hydrogen (secondary N) is 1. The van der Waals surface area contributed by atoms with Crippen molar-refractivity contribution in [3.63, 3.8) is 0 Å². The zero-order valence-electron chi connectivity index (χ0n) is 10.4. The second-order valence-electron chi connectivity index (χ2n) is 5.63. The topological polar surface area (TPSA) is 35.8 Å². The Hall–Kier alpha value is -0.550. The molecule has 0 saturated heterocycles. The van der Waals surface area contributed by atoms with E-state index in [9.17, 15) is 0 Å². The maximum Gasteiger partial charge on any atom is 0.0672 e. The van der Waals surface area contributed by atoms with E-state index in [4.69, 9.17) is 5.26 Å². The molecule has 2 saturated carbocycles. The zero-order valence-corrected chi connectivity index (χ0v) is 10.4. The van der Waals surface area contributed by atoms with E-state index in [0.717, 1.165) is 12.3 Å². The highest BCUT2D eigenvalue weighted by Crippen LogP contribution is 2.30. The zero-order chi connectivity index (χ0) is 11.4. The largest absolute Gasteiger partial charge is 0.310 e. The van der Waals surface area contributed by atoms with E-state index >= 15 is 0 Å². The molecule has 2 heteroatoms. The predicted octanol–water partition coefficient (Wildman–Crippen LogP) is 3.24. The van der Waals surface area contributed by atoms with Crippen LogP contribution in [0.2, 0.25) is 0 Å². The molecule has 2 aliphatic carbocycles. The fraction of sp³-hybridized carbons (Fsp3) is 0.929. The van der Waals surface area contributed by atoms with Gasteiger partial charge in [0.2, 0.25) is 0 Å². The van der Waals surface area contributed by atoms with Crippen LogP contribution in [0, 0.1) is 23.2 Å². The molecule has 1 N–H and O–H groups in total. The van der Waals surface area contributed by atoms with Gasteiger partial charge in [-0.3, -0.25) is 0 Å². The monoisotopic (exact) mass is 220 g/mol. The number of nitrogens with zero attached hydrogens (tertiary/aromatic N) is 1. The van der Waals surface area contributed by atoms with E-state index in [-0.39, 0.29) is 5.92 Å². The van der Waals surface area contributed by atoms with Crippen LogP contribution in [0.15, 0.2) is 0 Å². The summed E-state index contributed by atoms with van der Waals surface area (Å²) in [6, 6.07) is 3.57. The Morgan fingerprint density at radius 2 is 1.69 bits per heavy atom. The van der Waals surface area contributed by atoms with Gasteiger partial charge in [-0.15, -0.1) is 0 Å². The van der Waals surface area contributed by atoms with Crippen LogP contribution in [0.3, 0.4) is 0 Å². The van der Waals surface area contributed by atoms with Crippen LogP contribution in [0.25, 0.3) is 0 Å². The number of hydrogen-bond acceptors (Lipinski definition) is 2. The summed E-state index contributed by atoms with van der Waals surface area (Å²) >= 11 is 0. The molecule has 2 fully saturated rings. The molecule has 2 nitrogen and oxygen atoms in total. The first kappa shape index (κ1) is 11.9. The summed E-state index contributed by atoms with van der Waals surface area (Å²) in [5.74, 6) is 1.12. The Labute approximate surface area is 99.4 Å². The molecule has 0 aromatic heterocycles. The smallest absolute Gasteiger partial charge is 0.0672 e. The van der Waals surface area contributed by atoms with E-state index in [1.54, 1.807) is 0 Å². The maximum absolute atomic E-state index is 9.15. The van der Waals surface area contributed by atoms with Gasteiger partial charge in [-0.05, 0) is 38.5 Å². The van der Waals surface area contributed by atoms with Crippen molar-refractivity contribution in [1.82, 2.24) is 5.32 Å². The third kappa shape index (κ3) is 2.77. The van der Waals surface area contributed by atoms with Crippen LogP contribution in [-0.4, -0.2) is 12.1 Å². The predicted molar refractivity (Wildman–Crippen MR) is 65.9 cm³/mol. The third-order valence-electron chi connectivity index (χ3n) is 4.52. The molecule has 0 spiro atoms. The minimum Gasteiger partial charge on any atom is -0.310 e. The second kappa shape index (κ2) is 5.68. The highest BCUT2D eigenvalue weighted by molar-refractivity contribution is 4.96. The average Bonchev–Trinajstić information content (AvgIpc) is 2.83. The Bertz CT molecular complexity index is 250. The third-order valence-corrected chi connectivity index (χ3v) is 4.52. The van der Waals surface area contributed by atoms with Gasteiger partial charge in [-0.25, -0.2) is 0 Å². The van der Waals surface area contributed by atoms with Crippen LogP contribution in [-0.2, 0) is 0 Å². The van der Waals surface area contributed by atoms with Crippen molar-refractivity contribution in [3.8, 4) is 6.07 Å². The summed E-state index contributed by atoms with van der Waals surface area (Å²) in [6.07, 6.45) is 10.4. The van der Waals surface area contributed by atoms with Crippen LogP contribution in [0.4, 0.5) is 0 Å². The first-order chi connectivity index (χ1) is 7.81. The second-order valence-corrected chi connectivity index (χ2v) is 5.63. The van der Waals surface area contributed by atoms with E-state index in [1.165, 1.54) is 44.9 Å². The van der Waals surface area contributed by atoms with Gasteiger partial charge in [0.05, 0.1) is 12.0 Å². The van der Waals surface area contributed by atoms with E-state index in [2.05, 4.69) is 18.3 Å². The normalized spacial score (nSPS) is 33.5. The summed E-state index contributed by atoms with van der Waals surface area (Å²) < 4.78 is 0. The lowest BCUT2D eigenvalue weighted by molar-refractivity contribution is 0.257. The first-order valence-electron chi connectivity index (χ1n) is 6.97.